The number of rotatable bonds is 2. The molecule has 2 heterocycles. The SMILES string of the molecule is CC1(c2nccc(C(=O)O)n2)CCCCO1. The van der Waals surface area contributed by atoms with Crippen LogP contribution < -0.4 is 0 Å². The van der Waals surface area contributed by atoms with E-state index < -0.39 is 11.6 Å². The van der Waals surface area contributed by atoms with Gasteiger partial charge in [0.15, 0.2) is 11.5 Å². The normalized spacial score (nSPS) is 25.3. The second-order valence-corrected chi connectivity index (χ2v) is 4.11. The molecule has 1 N–H and O–H groups in total. The number of carbonyl (C=O) groups is 1. The molecular weight excluding hydrogens is 208 g/mol. The standard InChI is InChI=1S/C11H14N2O3/c1-11(5-2-3-7-16-11)10-12-6-4-8(13-10)9(14)15/h4,6H,2-3,5,7H2,1H3,(H,14,15). The summed E-state index contributed by atoms with van der Waals surface area (Å²) in [7, 11) is 0. The van der Waals surface area contributed by atoms with E-state index in [-0.39, 0.29) is 5.69 Å². The quantitative estimate of drug-likeness (QED) is 0.822. The Morgan fingerprint density at radius 3 is 3.00 bits per heavy atom. The van der Waals surface area contributed by atoms with Crippen LogP contribution in [0.15, 0.2) is 12.3 Å². The summed E-state index contributed by atoms with van der Waals surface area (Å²) in [6.45, 7) is 2.59. The summed E-state index contributed by atoms with van der Waals surface area (Å²) in [4.78, 5) is 19.0. The maximum atomic E-state index is 10.8. The average Bonchev–Trinajstić information content (AvgIpc) is 2.30. The van der Waals surface area contributed by atoms with Crippen LogP contribution in [0.4, 0.5) is 0 Å². The smallest absolute Gasteiger partial charge is 0.354 e. The van der Waals surface area contributed by atoms with Gasteiger partial charge in [-0.15, -0.1) is 0 Å². The minimum atomic E-state index is -1.04. The molecule has 1 atom stereocenters. The number of nitrogens with zero attached hydrogens (tertiary/aromatic N) is 2. The van der Waals surface area contributed by atoms with Gasteiger partial charge in [0.1, 0.15) is 5.60 Å². The highest BCUT2D eigenvalue weighted by molar-refractivity contribution is 5.85. The molecule has 16 heavy (non-hydrogen) atoms. The van der Waals surface area contributed by atoms with Crippen molar-refractivity contribution in [3.63, 3.8) is 0 Å². The molecule has 86 valence electrons. The lowest BCUT2D eigenvalue weighted by molar-refractivity contribution is -0.0761. The summed E-state index contributed by atoms with van der Waals surface area (Å²) in [5.74, 6) is -0.574. The van der Waals surface area contributed by atoms with Gasteiger partial charge in [0.05, 0.1) is 0 Å². The molecule has 5 nitrogen and oxygen atoms in total. The van der Waals surface area contributed by atoms with Crippen molar-refractivity contribution in [2.24, 2.45) is 0 Å². The first-order chi connectivity index (χ1) is 7.62. The number of aromatic carboxylic acids is 1. The first-order valence-electron chi connectivity index (χ1n) is 5.33. The predicted octanol–water partition coefficient (Wildman–Crippen LogP) is 1.59. The Morgan fingerprint density at radius 2 is 2.38 bits per heavy atom. The molecule has 0 radical (unpaired) electrons. The molecular formula is C11H14N2O3. The Kier molecular flexibility index (Phi) is 2.87. The lowest BCUT2D eigenvalue weighted by atomic mass is 9.95. The molecule has 0 spiro atoms. The Hall–Kier alpha value is -1.49. The first-order valence-corrected chi connectivity index (χ1v) is 5.33. The predicted molar refractivity (Wildman–Crippen MR) is 56.1 cm³/mol. The highest BCUT2D eigenvalue weighted by Crippen LogP contribution is 2.32. The fraction of sp³-hybridized carbons (Fsp3) is 0.545. The zero-order valence-electron chi connectivity index (χ0n) is 9.14. The van der Waals surface area contributed by atoms with Gasteiger partial charge in [-0.25, -0.2) is 14.8 Å². The van der Waals surface area contributed by atoms with E-state index in [4.69, 9.17) is 9.84 Å². The summed E-state index contributed by atoms with van der Waals surface area (Å²) >= 11 is 0. The summed E-state index contributed by atoms with van der Waals surface area (Å²) in [6, 6.07) is 1.39. The van der Waals surface area contributed by atoms with Crippen LogP contribution in [-0.2, 0) is 10.3 Å². The van der Waals surface area contributed by atoms with Gasteiger partial charge in [0.25, 0.3) is 0 Å². The monoisotopic (exact) mass is 222 g/mol. The van der Waals surface area contributed by atoms with Crippen LogP contribution in [0.2, 0.25) is 0 Å². The van der Waals surface area contributed by atoms with Crippen molar-refractivity contribution in [1.29, 1.82) is 0 Å². The van der Waals surface area contributed by atoms with E-state index in [0.29, 0.717) is 12.4 Å². The zero-order valence-corrected chi connectivity index (χ0v) is 9.14. The first kappa shape index (κ1) is 11.0. The second-order valence-electron chi connectivity index (χ2n) is 4.11. The fourth-order valence-electron chi connectivity index (χ4n) is 1.84. The van der Waals surface area contributed by atoms with E-state index in [1.165, 1.54) is 12.3 Å². The maximum absolute atomic E-state index is 10.8. The molecule has 1 aromatic rings. The summed E-state index contributed by atoms with van der Waals surface area (Å²) in [5.41, 5.74) is -0.524. The minimum absolute atomic E-state index is 0.0143. The molecule has 2 rings (SSSR count). The Labute approximate surface area is 93.5 Å². The minimum Gasteiger partial charge on any atom is -0.477 e. The number of hydrogen-bond donors (Lipinski definition) is 1. The van der Waals surface area contributed by atoms with Gasteiger partial charge in [-0.05, 0) is 32.3 Å². The van der Waals surface area contributed by atoms with E-state index in [0.717, 1.165) is 19.3 Å². The number of ether oxygens (including phenoxy) is 1. The Morgan fingerprint density at radius 1 is 1.56 bits per heavy atom. The largest absolute Gasteiger partial charge is 0.477 e. The van der Waals surface area contributed by atoms with Gasteiger partial charge < -0.3 is 9.84 Å². The lowest BCUT2D eigenvalue weighted by Gasteiger charge is -2.32. The zero-order chi connectivity index (χ0) is 11.6. The Balaban J connectivity index is 2.31. The molecule has 0 bridgehead atoms. The van der Waals surface area contributed by atoms with Crippen molar-refractivity contribution in [2.45, 2.75) is 31.8 Å². The van der Waals surface area contributed by atoms with Gasteiger partial charge in [-0.1, -0.05) is 0 Å². The van der Waals surface area contributed by atoms with E-state index in [9.17, 15) is 4.79 Å². The molecule has 1 aromatic heterocycles. The van der Waals surface area contributed by atoms with Gasteiger partial charge in [-0.3, -0.25) is 0 Å². The van der Waals surface area contributed by atoms with Crippen molar-refractivity contribution < 1.29 is 14.6 Å². The molecule has 0 saturated carbocycles. The van der Waals surface area contributed by atoms with Crippen LogP contribution in [-0.4, -0.2) is 27.7 Å². The number of carboxylic acids is 1. The molecule has 1 fully saturated rings. The summed E-state index contributed by atoms with van der Waals surface area (Å²) in [5, 5.41) is 8.86. The topological polar surface area (TPSA) is 72.3 Å². The van der Waals surface area contributed by atoms with E-state index >= 15 is 0 Å². The van der Waals surface area contributed by atoms with Crippen LogP contribution in [0.25, 0.3) is 0 Å². The van der Waals surface area contributed by atoms with Crippen LogP contribution in [0.3, 0.4) is 0 Å². The molecule has 1 aliphatic rings. The van der Waals surface area contributed by atoms with Crippen molar-refractivity contribution >= 4 is 5.97 Å². The third-order valence-corrected chi connectivity index (χ3v) is 2.82. The molecule has 1 unspecified atom stereocenters. The lowest BCUT2D eigenvalue weighted by Crippen LogP contribution is -2.32. The van der Waals surface area contributed by atoms with Crippen molar-refractivity contribution in [3.8, 4) is 0 Å². The average molecular weight is 222 g/mol. The number of carboxylic acid groups (broad SMARTS) is 1. The highest BCUT2D eigenvalue weighted by Gasteiger charge is 2.33. The van der Waals surface area contributed by atoms with Gasteiger partial charge >= 0.3 is 5.97 Å². The molecule has 1 aliphatic heterocycles. The molecule has 5 heteroatoms. The Bertz CT molecular complexity index is 400. The third kappa shape index (κ3) is 2.04. The molecule has 1 saturated heterocycles. The number of aromatic nitrogens is 2. The molecule has 0 aliphatic carbocycles. The van der Waals surface area contributed by atoms with E-state index in [1.807, 2.05) is 6.92 Å². The van der Waals surface area contributed by atoms with Crippen molar-refractivity contribution in [3.05, 3.63) is 23.8 Å². The van der Waals surface area contributed by atoms with Gasteiger partial charge in [0.2, 0.25) is 0 Å². The van der Waals surface area contributed by atoms with Crippen LogP contribution in [0, 0.1) is 0 Å². The van der Waals surface area contributed by atoms with Gasteiger partial charge in [0, 0.05) is 12.8 Å². The van der Waals surface area contributed by atoms with Crippen molar-refractivity contribution in [2.75, 3.05) is 6.61 Å². The molecule has 0 aromatic carbocycles. The fourth-order valence-corrected chi connectivity index (χ4v) is 1.84. The third-order valence-electron chi connectivity index (χ3n) is 2.82. The summed E-state index contributed by atoms with van der Waals surface area (Å²) < 4.78 is 5.67. The van der Waals surface area contributed by atoms with Crippen molar-refractivity contribution in [1.82, 2.24) is 9.97 Å². The van der Waals surface area contributed by atoms with E-state index in [1.54, 1.807) is 0 Å². The van der Waals surface area contributed by atoms with E-state index in [2.05, 4.69) is 9.97 Å². The second kappa shape index (κ2) is 4.17. The summed E-state index contributed by atoms with van der Waals surface area (Å²) in [6.07, 6.45) is 4.39. The van der Waals surface area contributed by atoms with Crippen LogP contribution in [0.5, 0.6) is 0 Å². The van der Waals surface area contributed by atoms with Crippen LogP contribution in [0.1, 0.15) is 42.5 Å². The van der Waals surface area contributed by atoms with Gasteiger partial charge in [-0.2, -0.15) is 0 Å². The highest BCUT2D eigenvalue weighted by atomic mass is 16.5. The van der Waals surface area contributed by atoms with Crippen LogP contribution >= 0.6 is 0 Å². The maximum Gasteiger partial charge on any atom is 0.354 e. The number of hydrogen-bond acceptors (Lipinski definition) is 4. The molecule has 0 amide bonds.